The van der Waals surface area contributed by atoms with Gasteiger partial charge in [0.1, 0.15) is 17.3 Å². The van der Waals surface area contributed by atoms with Crippen LogP contribution in [0, 0.1) is 11.6 Å². The van der Waals surface area contributed by atoms with E-state index in [9.17, 15) is 22.0 Å². The molecule has 0 atom stereocenters. The zero-order valence-corrected chi connectivity index (χ0v) is 13.6. The van der Waals surface area contributed by atoms with Crippen molar-refractivity contribution in [1.82, 2.24) is 0 Å². The number of benzene rings is 3. The highest BCUT2D eigenvalue weighted by Crippen LogP contribution is 2.37. The van der Waals surface area contributed by atoms with E-state index in [1.165, 1.54) is 30.3 Å². The fourth-order valence-corrected chi connectivity index (χ4v) is 2.37. The molecule has 0 bridgehead atoms. The Kier molecular flexibility index (Phi) is 4.89. The summed E-state index contributed by atoms with van der Waals surface area (Å²) in [5, 5.41) is 0. The van der Waals surface area contributed by atoms with E-state index in [0.717, 1.165) is 24.3 Å². The quantitative estimate of drug-likeness (QED) is 0.452. The van der Waals surface area contributed by atoms with Crippen LogP contribution in [-0.2, 0) is 0 Å². The third-order valence-corrected chi connectivity index (χ3v) is 3.52. The highest BCUT2D eigenvalue weighted by atomic mass is 19.4. The van der Waals surface area contributed by atoms with Crippen LogP contribution in [0.15, 0.2) is 60.7 Å². The number of ether oxygens (including phenoxy) is 2. The van der Waals surface area contributed by atoms with Gasteiger partial charge >= 0.3 is 6.36 Å². The van der Waals surface area contributed by atoms with Gasteiger partial charge in [-0.3, -0.25) is 0 Å². The molecule has 27 heavy (non-hydrogen) atoms. The monoisotopic (exact) mass is 381 g/mol. The van der Waals surface area contributed by atoms with Crippen LogP contribution in [0.2, 0.25) is 0 Å². The Morgan fingerprint density at radius 3 is 2.07 bits per heavy atom. The van der Waals surface area contributed by atoms with Crippen LogP contribution >= 0.6 is 0 Å². The Morgan fingerprint density at radius 1 is 0.778 bits per heavy atom. The molecule has 0 saturated heterocycles. The summed E-state index contributed by atoms with van der Waals surface area (Å²) in [6.45, 7) is 0. The molecule has 0 aliphatic carbocycles. The zero-order chi connectivity index (χ0) is 19.6. The average Bonchev–Trinajstić information content (AvgIpc) is 2.58. The van der Waals surface area contributed by atoms with Gasteiger partial charge in [-0.25, -0.2) is 8.78 Å². The molecule has 0 amide bonds. The van der Waals surface area contributed by atoms with Gasteiger partial charge in [-0.2, -0.15) is 0 Å². The molecule has 0 spiro atoms. The Bertz CT molecular complexity index is 955. The number of halogens is 5. The van der Waals surface area contributed by atoms with Crippen molar-refractivity contribution in [2.75, 3.05) is 5.73 Å². The highest BCUT2D eigenvalue weighted by molar-refractivity contribution is 5.74. The summed E-state index contributed by atoms with van der Waals surface area (Å²) in [7, 11) is 0. The van der Waals surface area contributed by atoms with Crippen molar-refractivity contribution in [2.45, 2.75) is 6.36 Å². The van der Waals surface area contributed by atoms with Crippen molar-refractivity contribution >= 4 is 5.69 Å². The lowest BCUT2D eigenvalue weighted by Gasteiger charge is -2.14. The molecule has 140 valence electrons. The Morgan fingerprint density at radius 2 is 1.44 bits per heavy atom. The fourth-order valence-electron chi connectivity index (χ4n) is 2.37. The van der Waals surface area contributed by atoms with Crippen molar-refractivity contribution in [3.05, 3.63) is 72.3 Å². The molecule has 8 heteroatoms. The number of hydrogen-bond donors (Lipinski definition) is 1. The third kappa shape index (κ3) is 4.66. The molecular formula is C19H12F5NO2. The van der Waals surface area contributed by atoms with Crippen LogP contribution in [0.4, 0.5) is 27.6 Å². The maximum absolute atomic E-state index is 13.8. The van der Waals surface area contributed by atoms with Gasteiger partial charge in [0.05, 0.1) is 0 Å². The molecule has 0 unspecified atom stereocenters. The van der Waals surface area contributed by atoms with E-state index in [1.807, 2.05) is 0 Å². The van der Waals surface area contributed by atoms with Crippen LogP contribution in [-0.4, -0.2) is 6.36 Å². The number of alkyl halides is 3. The Balaban J connectivity index is 1.94. The summed E-state index contributed by atoms with van der Waals surface area (Å²) in [4.78, 5) is 0. The first-order chi connectivity index (χ1) is 12.7. The molecule has 0 saturated carbocycles. The third-order valence-electron chi connectivity index (χ3n) is 3.52. The number of nitrogens with two attached hydrogens (primary N) is 1. The minimum absolute atomic E-state index is 0.194. The van der Waals surface area contributed by atoms with Gasteiger partial charge in [0.25, 0.3) is 0 Å². The second-order valence-corrected chi connectivity index (χ2v) is 5.50. The van der Waals surface area contributed by atoms with E-state index in [1.54, 1.807) is 0 Å². The lowest BCUT2D eigenvalue weighted by molar-refractivity contribution is -0.274. The molecule has 2 N–H and O–H groups in total. The van der Waals surface area contributed by atoms with Crippen LogP contribution in [0.25, 0.3) is 11.1 Å². The van der Waals surface area contributed by atoms with E-state index in [-0.39, 0.29) is 17.2 Å². The molecule has 0 aliphatic heterocycles. The van der Waals surface area contributed by atoms with Crippen molar-refractivity contribution in [3.63, 3.8) is 0 Å². The van der Waals surface area contributed by atoms with Gasteiger partial charge in [-0.1, -0.05) is 12.1 Å². The van der Waals surface area contributed by atoms with E-state index in [0.29, 0.717) is 22.9 Å². The molecule has 3 aromatic carbocycles. The van der Waals surface area contributed by atoms with Crippen LogP contribution in [0.3, 0.4) is 0 Å². The summed E-state index contributed by atoms with van der Waals surface area (Å²) >= 11 is 0. The van der Waals surface area contributed by atoms with E-state index < -0.39 is 18.0 Å². The lowest BCUT2D eigenvalue weighted by Crippen LogP contribution is -2.16. The normalized spacial score (nSPS) is 11.3. The van der Waals surface area contributed by atoms with Crippen LogP contribution in [0.1, 0.15) is 0 Å². The second-order valence-electron chi connectivity index (χ2n) is 5.50. The first-order valence-corrected chi connectivity index (χ1v) is 7.60. The topological polar surface area (TPSA) is 44.5 Å². The average molecular weight is 381 g/mol. The van der Waals surface area contributed by atoms with E-state index in [4.69, 9.17) is 10.5 Å². The first kappa shape index (κ1) is 18.5. The molecule has 0 aliphatic rings. The van der Waals surface area contributed by atoms with Crippen molar-refractivity contribution in [1.29, 1.82) is 0 Å². The maximum atomic E-state index is 13.8. The summed E-state index contributed by atoms with van der Waals surface area (Å²) in [5.41, 5.74) is 7.02. The molecule has 0 heterocycles. The second kappa shape index (κ2) is 7.14. The molecular weight excluding hydrogens is 369 g/mol. The predicted octanol–water partition coefficient (Wildman–Crippen LogP) is 5.90. The van der Waals surface area contributed by atoms with Crippen molar-refractivity contribution in [2.24, 2.45) is 0 Å². The molecule has 0 aromatic heterocycles. The Hall–Kier alpha value is -3.29. The summed E-state index contributed by atoms with van der Waals surface area (Å²) in [6, 6.07) is 12.4. The molecule has 0 fully saturated rings. The summed E-state index contributed by atoms with van der Waals surface area (Å²) in [6.07, 6.45) is -4.80. The van der Waals surface area contributed by atoms with E-state index in [2.05, 4.69) is 4.74 Å². The van der Waals surface area contributed by atoms with Gasteiger partial charge in [-0.05, 0) is 48.0 Å². The molecule has 3 nitrogen and oxygen atoms in total. The number of rotatable bonds is 4. The number of anilines is 1. The Labute approximate surface area is 150 Å². The summed E-state index contributed by atoms with van der Waals surface area (Å²) in [5.74, 6) is -2.05. The standard InChI is InChI=1S/C19H12F5NO2/c20-12-3-7-18(16(21)9-12)26-17-8-4-13(25)10-15(17)11-1-5-14(6-2-11)27-19(22,23)24/h1-10H,25H2. The fraction of sp³-hybridized carbons (Fsp3) is 0.0526. The van der Waals surface area contributed by atoms with Gasteiger partial charge in [0.15, 0.2) is 11.6 Å². The molecule has 0 radical (unpaired) electrons. The van der Waals surface area contributed by atoms with Gasteiger partial charge in [0, 0.05) is 17.3 Å². The molecule has 3 aromatic rings. The van der Waals surface area contributed by atoms with Gasteiger partial charge < -0.3 is 15.2 Å². The summed E-state index contributed by atoms with van der Waals surface area (Å²) < 4.78 is 73.0. The minimum atomic E-state index is -4.80. The van der Waals surface area contributed by atoms with E-state index >= 15 is 0 Å². The SMILES string of the molecule is Nc1ccc(Oc2ccc(F)cc2F)c(-c2ccc(OC(F)(F)F)cc2)c1. The highest BCUT2D eigenvalue weighted by Gasteiger charge is 2.31. The van der Waals surface area contributed by atoms with Crippen molar-refractivity contribution in [3.8, 4) is 28.4 Å². The number of hydrogen-bond acceptors (Lipinski definition) is 3. The number of nitrogen functional groups attached to an aromatic ring is 1. The maximum Gasteiger partial charge on any atom is 0.573 e. The van der Waals surface area contributed by atoms with Crippen molar-refractivity contribution < 1.29 is 31.4 Å². The lowest BCUT2D eigenvalue weighted by atomic mass is 10.0. The van der Waals surface area contributed by atoms with Gasteiger partial charge in [0.2, 0.25) is 0 Å². The van der Waals surface area contributed by atoms with Gasteiger partial charge in [-0.15, -0.1) is 13.2 Å². The predicted molar refractivity (Wildman–Crippen MR) is 89.4 cm³/mol. The minimum Gasteiger partial charge on any atom is -0.454 e. The van der Waals surface area contributed by atoms with Crippen LogP contribution in [0.5, 0.6) is 17.2 Å². The zero-order valence-electron chi connectivity index (χ0n) is 13.6. The smallest absolute Gasteiger partial charge is 0.454 e. The van der Waals surface area contributed by atoms with Crippen LogP contribution < -0.4 is 15.2 Å². The largest absolute Gasteiger partial charge is 0.573 e. The first-order valence-electron chi connectivity index (χ1n) is 7.60. The molecule has 3 rings (SSSR count).